The number of aromatic carboxylic acids is 1. The molecule has 21 heavy (non-hydrogen) atoms. The molecule has 0 aliphatic carbocycles. The van der Waals surface area contributed by atoms with Crippen LogP contribution >= 0.6 is 0 Å². The van der Waals surface area contributed by atoms with Gasteiger partial charge in [0.25, 0.3) is 0 Å². The third-order valence-electron chi connectivity index (χ3n) is 2.51. The molecule has 108 valence electrons. The van der Waals surface area contributed by atoms with Crippen molar-refractivity contribution in [2.24, 2.45) is 0 Å². The number of hydrogen-bond donors (Lipinski definition) is 2. The highest BCUT2D eigenvalue weighted by molar-refractivity contribution is 5.90. The number of hydrogen-bond acceptors (Lipinski definition) is 5. The van der Waals surface area contributed by atoms with Gasteiger partial charge in [0.1, 0.15) is 12.4 Å². The Morgan fingerprint density at radius 1 is 1.24 bits per heavy atom. The minimum atomic E-state index is -1.08. The summed E-state index contributed by atoms with van der Waals surface area (Å²) in [6.45, 7) is 1.47. The van der Waals surface area contributed by atoms with Crippen molar-refractivity contribution in [3.63, 3.8) is 0 Å². The van der Waals surface area contributed by atoms with Crippen LogP contribution in [0, 0.1) is 0 Å². The third-order valence-corrected chi connectivity index (χ3v) is 2.51. The van der Waals surface area contributed by atoms with Crippen LogP contribution in [0.3, 0.4) is 0 Å². The molecule has 1 aromatic heterocycles. The second-order valence-corrected chi connectivity index (χ2v) is 4.16. The second kappa shape index (κ2) is 6.47. The fourth-order valence-electron chi connectivity index (χ4n) is 1.57. The molecule has 0 saturated carbocycles. The molecule has 2 rings (SSSR count). The molecule has 1 heterocycles. The van der Waals surface area contributed by atoms with E-state index in [1.54, 1.807) is 24.3 Å². The number of para-hydroxylation sites is 2. The van der Waals surface area contributed by atoms with Crippen molar-refractivity contribution in [1.29, 1.82) is 0 Å². The molecule has 0 radical (unpaired) electrons. The number of carboxylic acids is 1. The Bertz CT molecular complexity index is 656. The SMILES string of the molecule is CC(=O)Nc1ccccc1OCc1ncc(C(=O)O)cn1. The average molecular weight is 287 g/mol. The van der Waals surface area contributed by atoms with E-state index in [0.717, 1.165) is 0 Å². The van der Waals surface area contributed by atoms with Crippen LogP contribution in [0.15, 0.2) is 36.7 Å². The van der Waals surface area contributed by atoms with Gasteiger partial charge in [-0.3, -0.25) is 4.79 Å². The Balaban J connectivity index is 2.06. The molecule has 0 unspecified atom stereocenters. The summed E-state index contributed by atoms with van der Waals surface area (Å²) in [5, 5.41) is 11.4. The number of anilines is 1. The van der Waals surface area contributed by atoms with Gasteiger partial charge in [-0.2, -0.15) is 0 Å². The van der Waals surface area contributed by atoms with Crippen molar-refractivity contribution in [3.8, 4) is 5.75 Å². The van der Waals surface area contributed by atoms with Crippen LogP contribution in [0.4, 0.5) is 5.69 Å². The molecule has 1 aromatic carbocycles. The number of nitrogens with zero attached hydrogens (tertiary/aromatic N) is 2. The molecule has 0 saturated heterocycles. The lowest BCUT2D eigenvalue weighted by Gasteiger charge is -2.10. The van der Waals surface area contributed by atoms with Gasteiger partial charge in [-0.05, 0) is 12.1 Å². The summed E-state index contributed by atoms with van der Waals surface area (Å²) >= 11 is 0. The van der Waals surface area contributed by atoms with Gasteiger partial charge in [0, 0.05) is 19.3 Å². The van der Waals surface area contributed by atoms with Gasteiger partial charge in [0.2, 0.25) is 5.91 Å². The number of carbonyl (C=O) groups excluding carboxylic acids is 1. The predicted octanol–water partition coefficient (Wildman–Crippen LogP) is 1.71. The summed E-state index contributed by atoms with van der Waals surface area (Å²) in [4.78, 5) is 29.6. The lowest BCUT2D eigenvalue weighted by molar-refractivity contribution is -0.114. The quantitative estimate of drug-likeness (QED) is 0.868. The fourth-order valence-corrected chi connectivity index (χ4v) is 1.57. The highest BCUT2D eigenvalue weighted by atomic mass is 16.5. The number of carboxylic acid groups (broad SMARTS) is 1. The van der Waals surface area contributed by atoms with Crippen LogP contribution in [-0.4, -0.2) is 27.0 Å². The van der Waals surface area contributed by atoms with Crippen molar-refractivity contribution in [3.05, 3.63) is 48.0 Å². The summed E-state index contributed by atoms with van der Waals surface area (Å²) < 4.78 is 5.54. The van der Waals surface area contributed by atoms with E-state index in [1.165, 1.54) is 19.3 Å². The van der Waals surface area contributed by atoms with E-state index < -0.39 is 5.97 Å². The van der Waals surface area contributed by atoms with Gasteiger partial charge >= 0.3 is 5.97 Å². The fraction of sp³-hybridized carbons (Fsp3) is 0.143. The molecule has 2 aromatic rings. The van der Waals surface area contributed by atoms with Gasteiger partial charge in [-0.1, -0.05) is 12.1 Å². The Kier molecular flexibility index (Phi) is 4.45. The Morgan fingerprint density at radius 3 is 2.52 bits per heavy atom. The van der Waals surface area contributed by atoms with Crippen LogP contribution in [0.2, 0.25) is 0 Å². The molecule has 0 fully saturated rings. The summed E-state index contributed by atoms with van der Waals surface area (Å²) in [5.41, 5.74) is 0.560. The summed E-state index contributed by atoms with van der Waals surface area (Å²) in [6.07, 6.45) is 2.43. The second-order valence-electron chi connectivity index (χ2n) is 4.16. The van der Waals surface area contributed by atoms with Crippen LogP contribution in [0.25, 0.3) is 0 Å². The molecule has 7 heteroatoms. The van der Waals surface area contributed by atoms with Crippen LogP contribution in [-0.2, 0) is 11.4 Å². The number of ether oxygens (including phenoxy) is 1. The highest BCUT2D eigenvalue weighted by Gasteiger charge is 2.07. The number of benzene rings is 1. The Morgan fingerprint density at radius 2 is 1.90 bits per heavy atom. The van der Waals surface area contributed by atoms with Crippen molar-refractivity contribution in [1.82, 2.24) is 9.97 Å². The molecule has 0 aliphatic heterocycles. The smallest absolute Gasteiger partial charge is 0.338 e. The molecule has 0 spiro atoms. The van der Waals surface area contributed by atoms with E-state index >= 15 is 0 Å². The zero-order chi connectivity index (χ0) is 15.2. The third kappa shape index (κ3) is 4.00. The largest absolute Gasteiger partial charge is 0.483 e. The Labute approximate surface area is 120 Å². The molecular weight excluding hydrogens is 274 g/mol. The number of aromatic nitrogens is 2. The molecule has 1 amide bonds. The molecule has 0 atom stereocenters. The van der Waals surface area contributed by atoms with Gasteiger partial charge < -0.3 is 15.2 Å². The maximum atomic E-state index is 11.1. The van der Waals surface area contributed by atoms with E-state index in [2.05, 4.69) is 15.3 Å². The summed E-state index contributed by atoms with van der Waals surface area (Å²) in [7, 11) is 0. The number of carbonyl (C=O) groups is 2. The van der Waals surface area contributed by atoms with E-state index in [4.69, 9.17) is 9.84 Å². The van der Waals surface area contributed by atoms with Gasteiger partial charge in [-0.15, -0.1) is 0 Å². The Hall–Kier alpha value is -2.96. The zero-order valence-corrected chi connectivity index (χ0v) is 11.2. The number of amides is 1. The van der Waals surface area contributed by atoms with Crippen molar-refractivity contribution in [2.75, 3.05) is 5.32 Å². The van der Waals surface area contributed by atoms with Gasteiger partial charge in [0.05, 0.1) is 11.3 Å². The normalized spacial score (nSPS) is 9.95. The number of rotatable bonds is 5. The van der Waals surface area contributed by atoms with E-state index in [1.807, 2.05) is 0 Å². The maximum Gasteiger partial charge on any atom is 0.338 e. The first-order chi connectivity index (χ1) is 10.1. The van der Waals surface area contributed by atoms with Gasteiger partial charge in [-0.25, -0.2) is 14.8 Å². The predicted molar refractivity (Wildman–Crippen MR) is 74.1 cm³/mol. The summed E-state index contributed by atoms with van der Waals surface area (Å²) in [6, 6.07) is 6.97. The molecular formula is C14H13N3O4. The monoisotopic (exact) mass is 287 g/mol. The standard InChI is InChI=1S/C14H13N3O4/c1-9(18)17-11-4-2-3-5-12(11)21-8-13-15-6-10(7-16-13)14(19)20/h2-7H,8H2,1H3,(H,17,18)(H,19,20). The van der Waals surface area contributed by atoms with Crippen molar-refractivity contribution < 1.29 is 19.4 Å². The average Bonchev–Trinajstić information content (AvgIpc) is 2.46. The van der Waals surface area contributed by atoms with Crippen molar-refractivity contribution in [2.45, 2.75) is 13.5 Å². The number of nitrogens with one attached hydrogen (secondary N) is 1. The van der Waals surface area contributed by atoms with Crippen LogP contribution in [0.5, 0.6) is 5.75 Å². The van der Waals surface area contributed by atoms with Gasteiger partial charge in [0.15, 0.2) is 5.82 Å². The van der Waals surface area contributed by atoms with E-state index in [9.17, 15) is 9.59 Å². The lowest BCUT2D eigenvalue weighted by Crippen LogP contribution is -2.09. The first kappa shape index (κ1) is 14.4. The van der Waals surface area contributed by atoms with Crippen LogP contribution < -0.4 is 10.1 Å². The molecule has 2 N–H and O–H groups in total. The first-order valence-electron chi connectivity index (χ1n) is 6.10. The van der Waals surface area contributed by atoms with Crippen molar-refractivity contribution >= 4 is 17.6 Å². The molecule has 0 aliphatic rings. The minimum Gasteiger partial charge on any atom is -0.483 e. The van der Waals surface area contributed by atoms with E-state index in [-0.39, 0.29) is 18.1 Å². The maximum absolute atomic E-state index is 11.1. The zero-order valence-electron chi connectivity index (χ0n) is 11.2. The van der Waals surface area contributed by atoms with E-state index in [0.29, 0.717) is 17.3 Å². The van der Waals surface area contributed by atoms with Crippen LogP contribution in [0.1, 0.15) is 23.1 Å². The summed E-state index contributed by atoms with van der Waals surface area (Å²) in [5.74, 6) is -0.456. The minimum absolute atomic E-state index is 0.0115. The highest BCUT2D eigenvalue weighted by Crippen LogP contribution is 2.24. The topological polar surface area (TPSA) is 101 Å². The molecule has 7 nitrogen and oxygen atoms in total. The lowest BCUT2D eigenvalue weighted by atomic mass is 10.3. The first-order valence-corrected chi connectivity index (χ1v) is 6.10. The molecule has 0 bridgehead atoms.